The molecule has 3 fully saturated rings. The first kappa shape index (κ1) is 14.8. The van der Waals surface area contributed by atoms with E-state index in [1.165, 1.54) is 12.8 Å². The molecule has 0 bridgehead atoms. The van der Waals surface area contributed by atoms with Crippen molar-refractivity contribution in [1.29, 1.82) is 0 Å². The highest BCUT2D eigenvalue weighted by Gasteiger charge is 2.45. The van der Waals surface area contributed by atoms with Crippen LogP contribution in [0.2, 0.25) is 0 Å². The first-order valence-electron chi connectivity index (χ1n) is 8.14. The van der Waals surface area contributed by atoms with Gasteiger partial charge in [-0.25, -0.2) is 8.42 Å². The zero-order valence-electron chi connectivity index (χ0n) is 12.2. The van der Waals surface area contributed by atoms with E-state index >= 15 is 0 Å². The first-order chi connectivity index (χ1) is 9.53. The van der Waals surface area contributed by atoms with Crippen LogP contribution in [0, 0.1) is 5.92 Å². The van der Waals surface area contributed by atoms with E-state index in [1.54, 1.807) is 0 Å². The lowest BCUT2D eigenvalue weighted by molar-refractivity contribution is -0.0963. The van der Waals surface area contributed by atoms with E-state index in [4.69, 9.17) is 10.5 Å². The molecular weight excluding hydrogens is 274 g/mol. The third-order valence-corrected chi connectivity index (χ3v) is 7.98. The van der Waals surface area contributed by atoms with Gasteiger partial charge in [-0.15, -0.1) is 0 Å². The van der Waals surface area contributed by atoms with Gasteiger partial charge < -0.3 is 10.5 Å². The van der Waals surface area contributed by atoms with Crippen LogP contribution >= 0.6 is 0 Å². The second-order valence-corrected chi connectivity index (χ2v) is 9.31. The van der Waals surface area contributed by atoms with Crippen LogP contribution in [0.3, 0.4) is 0 Å². The number of ether oxygens (including phenoxy) is 1. The van der Waals surface area contributed by atoms with Crippen molar-refractivity contribution in [3.05, 3.63) is 0 Å². The molecule has 5 heteroatoms. The second kappa shape index (κ2) is 5.58. The van der Waals surface area contributed by atoms with Crippen LogP contribution in [0.15, 0.2) is 0 Å². The van der Waals surface area contributed by atoms with Crippen LogP contribution in [-0.4, -0.2) is 37.7 Å². The molecular formula is C15H27NO3S. The summed E-state index contributed by atoms with van der Waals surface area (Å²) >= 11 is 0. The number of rotatable bonds is 2. The summed E-state index contributed by atoms with van der Waals surface area (Å²) in [7, 11) is -2.97. The highest BCUT2D eigenvalue weighted by Crippen LogP contribution is 2.43. The van der Waals surface area contributed by atoms with Crippen LogP contribution in [0.5, 0.6) is 0 Å². The van der Waals surface area contributed by atoms with Crippen molar-refractivity contribution in [2.45, 2.75) is 74.7 Å². The Morgan fingerprint density at radius 3 is 2.55 bits per heavy atom. The lowest BCUT2D eigenvalue weighted by Crippen LogP contribution is -2.52. The minimum absolute atomic E-state index is 0.0268. The van der Waals surface area contributed by atoms with Gasteiger partial charge in [0.25, 0.3) is 0 Å². The minimum Gasteiger partial charge on any atom is -0.375 e. The van der Waals surface area contributed by atoms with Crippen molar-refractivity contribution in [3.8, 4) is 0 Å². The van der Waals surface area contributed by atoms with E-state index in [0.29, 0.717) is 11.7 Å². The molecule has 3 aliphatic rings. The summed E-state index contributed by atoms with van der Waals surface area (Å²) in [6, 6.07) is -0.193. The molecule has 0 aromatic rings. The quantitative estimate of drug-likeness (QED) is 0.847. The van der Waals surface area contributed by atoms with E-state index in [0.717, 1.165) is 51.6 Å². The zero-order valence-corrected chi connectivity index (χ0v) is 13.0. The fraction of sp³-hybridized carbons (Fsp3) is 1.00. The number of sulfone groups is 1. The number of nitrogens with two attached hydrogens (primary N) is 1. The molecule has 2 heterocycles. The summed E-state index contributed by atoms with van der Waals surface area (Å²) in [5.74, 6) is 0.652. The lowest BCUT2D eigenvalue weighted by Gasteiger charge is -2.42. The summed E-state index contributed by atoms with van der Waals surface area (Å²) in [5.41, 5.74) is 6.44. The van der Waals surface area contributed by atoms with Gasteiger partial charge in [0.2, 0.25) is 0 Å². The third kappa shape index (κ3) is 2.77. The lowest BCUT2D eigenvalue weighted by atomic mass is 9.79. The summed E-state index contributed by atoms with van der Waals surface area (Å²) in [5, 5.41) is -0.308. The first-order valence-corrected chi connectivity index (χ1v) is 9.85. The van der Waals surface area contributed by atoms with Crippen molar-refractivity contribution in [2.24, 2.45) is 11.7 Å². The Bertz CT molecular complexity index is 442. The van der Waals surface area contributed by atoms with Crippen molar-refractivity contribution in [2.75, 3.05) is 12.4 Å². The molecule has 1 aliphatic carbocycles. The second-order valence-electron chi connectivity index (χ2n) is 6.97. The average molecular weight is 301 g/mol. The molecule has 0 aromatic carbocycles. The predicted molar refractivity (Wildman–Crippen MR) is 79.3 cm³/mol. The summed E-state index contributed by atoms with van der Waals surface area (Å²) in [6.45, 7) is 0.755. The highest BCUT2D eigenvalue weighted by molar-refractivity contribution is 7.92. The van der Waals surface area contributed by atoms with Gasteiger partial charge in [0, 0.05) is 12.6 Å². The van der Waals surface area contributed by atoms with Crippen molar-refractivity contribution < 1.29 is 13.2 Å². The molecule has 1 spiro atoms. The topological polar surface area (TPSA) is 69.4 Å². The molecule has 3 unspecified atom stereocenters. The maximum absolute atomic E-state index is 12.3. The molecule has 0 aromatic heterocycles. The zero-order chi connectivity index (χ0) is 14.2. The number of hydrogen-bond donors (Lipinski definition) is 1. The SMILES string of the molecule is NC(C1CCOC2(CCCC2)C1)C1CCCCS1(=O)=O. The van der Waals surface area contributed by atoms with Gasteiger partial charge in [-0.05, 0) is 44.4 Å². The molecule has 0 amide bonds. The van der Waals surface area contributed by atoms with Crippen LogP contribution in [-0.2, 0) is 14.6 Å². The molecule has 0 radical (unpaired) electrons. The van der Waals surface area contributed by atoms with Gasteiger partial charge in [-0.2, -0.15) is 0 Å². The van der Waals surface area contributed by atoms with Crippen LogP contribution in [0.4, 0.5) is 0 Å². The molecule has 4 nitrogen and oxygen atoms in total. The monoisotopic (exact) mass is 301 g/mol. The van der Waals surface area contributed by atoms with E-state index < -0.39 is 9.84 Å². The molecule has 1 saturated carbocycles. The number of hydrogen-bond acceptors (Lipinski definition) is 4. The van der Waals surface area contributed by atoms with E-state index in [1.807, 2.05) is 0 Å². The normalized spacial score (nSPS) is 37.9. The molecule has 2 saturated heterocycles. The maximum Gasteiger partial charge on any atom is 0.154 e. The Labute approximate surface area is 122 Å². The summed E-state index contributed by atoms with van der Waals surface area (Å²) < 4.78 is 30.6. The fourth-order valence-electron chi connectivity index (χ4n) is 4.48. The van der Waals surface area contributed by atoms with Gasteiger partial charge in [0.15, 0.2) is 9.84 Å². The predicted octanol–water partition coefficient (Wildman–Crippen LogP) is 2.02. The van der Waals surface area contributed by atoms with Crippen LogP contribution in [0.25, 0.3) is 0 Å². The Kier molecular flexibility index (Phi) is 4.13. The maximum atomic E-state index is 12.3. The Morgan fingerprint density at radius 1 is 1.10 bits per heavy atom. The fourth-order valence-corrected chi connectivity index (χ4v) is 6.61. The van der Waals surface area contributed by atoms with Gasteiger partial charge in [0.1, 0.15) is 0 Å². The Hall–Kier alpha value is -0.130. The molecule has 3 atom stereocenters. The summed E-state index contributed by atoms with van der Waals surface area (Å²) in [6.07, 6.45) is 9.22. The molecule has 3 rings (SSSR count). The standard InChI is InChI=1S/C15H27NO3S/c16-14(13-5-1-4-10-20(13,17)18)12-6-9-19-15(11-12)7-2-3-8-15/h12-14H,1-11,16H2. The van der Waals surface area contributed by atoms with Crippen molar-refractivity contribution >= 4 is 9.84 Å². The van der Waals surface area contributed by atoms with Crippen LogP contribution < -0.4 is 5.73 Å². The van der Waals surface area contributed by atoms with Crippen molar-refractivity contribution in [1.82, 2.24) is 0 Å². The Balaban J connectivity index is 1.71. The third-order valence-electron chi connectivity index (χ3n) is 5.65. The molecule has 2 N–H and O–H groups in total. The van der Waals surface area contributed by atoms with E-state index in [9.17, 15) is 8.42 Å². The van der Waals surface area contributed by atoms with Gasteiger partial charge in [0.05, 0.1) is 16.6 Å². The average Bonchev–Trinajstić information content (AvgIpc) is 2.85. The van der Waals surface area contributed by atoms with Crippen molar-refractivity contribution in [3.63, 3.8) is 0 Å². The smallest absolute Gasteiger partial charge is 0.154 e. The molecule has 2 aliphatic heterocycles. The largest absolute Gasteiger partial charge is 0.375 e. The molecule has 20 heavy (non-hydrogen) atoms. The van der Waals surface area contributed by atoms with Crippen LogP contribution in [0.1, 0.15) is 57.8 Å². The Morgan fingerprint density at radius 2 is 1.85 bits per heavy atom. The van der Waals surface area contributed by atoms with Gasteiger partial charge in [-0.1, -0.05) is 19.3 Å². The minimum atomic E-state index is -2.97. The van der Waals surface area contributed by atoms with E-state index in [2.05, 4.69) is 0 Å². The summed E-state index contributed by atoms with van der Waals surface area (Å²) in [4.78, 5) is 0. The molecule has 116 valence electrons. The highest BCUT2D eigenvalue weighted by atomic mass is 32.2. The van der Waals surface area contributed by atoms with E-state index in [-0.39, 0.29) is 16.9 Å². The van der Waals surface area contributed by atoms with Gasteiger partial charge in [-0.3, -0.25) is 0 Å². The van der Waals surface area contributed by atoms with Gasteiger partial charge >= 0.3 is 0 Å².